The molecule has 7 heteroatoms. The van der Waals surface area contributed by atoms with Crippen molar-refractivity contribution in [3.63, 3.8) is 0 Å². The number of nitrogens with one attached hydrogen (secondary N) is 1. The lowest BCUT2D eigenvalue weighted by atomic mass is 10.0. The molecule has 0 aliphatic carbocycles. The topological polar surface area (TPSA) is 75.7 Å². The molecule has 6 nitrogen and oxygen atoms in total. The Morgan fingerprint density at radius 1 is 1.14 bits per heavy atom. The van der Waals surface area contributed by atoms with Gasteiger partial charge in [-0.25, -0.2) is 8.42 Å². The molecular formula is C22H28N2O4S. The molecule has 1 saturated heterocycles. The van der Waals surface area contributed by atoms with Crippen molar-refractivity contribution in [2.75, 3.05) is 25.0 Å². The average molecular weight is 417 g/mol. The van der Waals surface area contributed by atoms with Gasteiger partial charge < -0.3 is 10.1 Å². The normalized spacial score (nSPS) is 15.8. The van der Waals surface area contributed by atoms with Crippen molar-refractivity contribution in [1.29, 1.82) is 0 Å². The molecule has 1 amide bonds. The maximum absolute atomic E-state index is 13.0. The molecular weight excluding hydrogens is 388 g/mol. The molecule has 0 unspecified atom stereocenters. The molecule has 0 aromatic heterocycles. The molecule has 156 valence electrons. The van der Waals surface area contributed by atoms with Gasteiger partial charge in [-0.3, -0.25) is 4.79 Å². The Morgan fingerprint density at radius 2 is 1.79 bits per heavy atom. The number of carbonyl (C=O) groups excluding carboxylic acids is 1. The minimum absolute atomic E-state index is 0.162. The predicted molar refractivity (Wildman–Crippen MR) is 114 cm³/mol. The van der Waals surface area contributed by atoms with E-state index in [1.54, 1.807) is 43.3 Å². The maximum Gasteiger partial charge on any atom is 0.255 e. The van der Waals surface area contributed by atoms with Crippen LogP contribution < -0.4 is 10.1 Å². The van der Waals surface area contributed by atoms with Gasteiger partial charge in [0.1, 0.15) is 5.75 Å². The monoisotopic (exact) mass is 416 g/mol. The second kappa shape index (κ2) is 8.97. The Bertz CT molecular complexity index is 963. The number of piperidine rings is 1. The van der Waals surface area contributed by atoms with Crippen LogP contribution in [0.25, 0.3) is 0 Å². The van der Waals surface area contributed by atoms with Crippen LogP contribution in [0.1, 0.15) is 42.6 Å². The Labute approximate surface area is 172 Å². The fraction of sp³-hybridized carbons (Fsp3) is 0.409. The molecule has 0 bridgehead atoms. The number of nitrogens with zero attached hydrogens (tertiary/aromatic N) is 1. The van der Waals surface area contributed by atoms with Gasteiger partial charge in [-0.05, 0) is 74.6 Å². The van der Waals surface area contributed by atoms with E-state index in [0.717, 1.165) is 24.2 Å². The first-order valence-corrected chi connectivity index (χ1v) is 11.4. The van der Waals surface area contributed by atoms with E-state index in [2.05, 4.69) is 12.2 Å². The first-order valence-electron chi connectivity index (χ1n) is 9.96. The SMILES string of the molecule is CCOc1ccc(NC(=O)c2cc(S(=O)(=O)N3CCC(C)CC3)ccc2C)cc1. The van der Waals surface area contributed by atoms with Crippen LogP contribution in [0.15, 0.2) is 47.4 Å². The van der Waals surface area contributed by atoms with E-state index >= 15 is 0 Å². The summed E-state index contributed by atoms with van der Waals surface area (Å²) in [6.45, 7) is 7.45. The zero-order chi connectivity index (χ0) is 21.0. The smallest absolute Gasteiger partial charge is 0.255 e. The Kier molecular flexibility index (Phi) is 6.59. The number of benzene rings is 2. The molecule has 1 aliphatic rings. The second-order valence-electron chi connectivity index (χ2n) is 7.47. The first-order chi connectivity index (χ1) is 13.8. The molecule has 3 rings (SSSR count). The molecule has 2 aromatic rings. The van der Waals surface area contributed by atoms with Crippen LogP contribution in [0.3, 0.4) is 0 Å². The highest BCUT2D eigenvalue weighted by Gasteiger charge is 2.28. The molecule has 0 atom stereocenters. The zero-order valence-corrected chi connectivity index (χ0v) is 18.0. The van der Waals surface area contributed by atoms with Crippen LogP contribution in [0, 0.1) is 12.8 Å². The molecule has 29 heavy (non-hydrogen) atoms. The highest BCUT2D eigenvalue weighted by molar-refractivity contribution is 7.89. The second-order valence-corrected chi connectivity index (χ2v) is 9.41. The average Bonchev–Trinajstić information content (AvgIpc) is 2.70. The number of amides is 1. The van der Waals surface area contributed by atoms with E-state index in [4.69, 9.17) is 4.74 Å². The molecule has 0 radical (unpaired) electrons. The molecule has 1 N–H and O–H groups in total. The van der Waals surface area contributed by atoms with E-state index in [1.165, 1.54) is 10.4 Å². The number of aryl methyl sites for hydroxylation is 1. The minimum atomic E-state index is -3.61. The third kappa shape index (κ3) is 4.97. The largest absolute Gasteiger partial charge is 0.494 e. The number of anilines is 1. The van der Waals surface area contributed by atoms with Crippen LogP contribution in [0.5, 0.6) is 5.75 Å². The number of hydrogen-bond acceptors (Lipinski definition) is 4. The molecule has 1 heterocycles. The van der Waals surface area contributed by atoms with E-state index < -0.39 is 10.0 Å². The van der Waals surface area contributed by atoms with Crippen LogP contribution in [-0.4, -0.2) is 38.3 Å². The Balaban J connectivity index is 1.80. The summed E-state index contributed by atoms with van der Waals surface area (Å²) in [5, 5.41) is 2.83. The molecule has 0 spiro atoms. The fourth-order valence-corrected chi connectivity index (χ4v) is 4.88. The van der Waals surface area contributed by atoms with Gasteiger partial charge in [0, 0.05) is 24.3 Å². The van der Waals surface area contributed by atoms with Crippen molar-refractivity contribution in [1.82, 2.24) is 4.31 Å². The van der Waals surface area contributed by atoms with Crippen LogP contribution >= 0.6 is 0 Å². The standard InChI is InChI=1S/C22H28N2O4S/c1-4-28-19-8-6-18(7-9-19)23-22(25)21-15-20(10-5-17(21)3)29(26,27)24-13-11-16(2)12-14-24/h5-10,15-16H,4,11-14H2,1-3H3,(H,23,25). The van der Waals surface area contributed by atoms with E-state index in [-0.39, 0.29) is 10.8 Å². The summed E-state index contributed by atoms with van der Waals surface area (Å²) >= 11 is 0. The van der Waals surface area contributed by atoms with Gasteiger partial charge in [0.2, 0.25) is 10.0 Å². The summed E-state index contributed by atoms with van der Waals surface area (Å²) < 4.78 is 33.0. The van der Waals surface area contributed by atoms with Crippen molar-refractivity contribution < 1.29 is 17.9 Å². The van der Waals surface area contributed by atoms with Gasteiger partial charge >= 0.3 is 0 Å². The number of hydrogen-bond donors (Lipinski definition) is 1. The number of rotatable bonds is 6. The van der Waals surface area contributed by atoms with Crippen molar-refractivity contribution in [2.45, 2.75) is 38.5 Å². The summed E-state index contributed by atoms with van der Waals surface area (Å²) in [6, 6.07) is 11.8. The molecule has 2 aromatic carbocycles. The van der Waals surface area contributed by atoms with Gasteiger partial charge in [0.25, 0.3) is 5.91 Å². The summed E-state index contributed by atoms with van der Waals surface area (Å²) in [5.41, 5.74) is 1.70. The van der Waals surface area contributed by atoms with Crippen molar-refractivity contribution in [3.8, 4) is 5.75 Å². The quantitative estimate of drug-likeness (QED) is 0.770. The fourth-order valence-electron chi connectivity index (χ4n) is 3.38. The van der Waals surface area contributed by atoms with Crippen molar-refractivity contribution in [2.24, 2.45) is 5.92 Å². The highest BCUT2D eigenvalue weighted by atomic mass is 32.2. The van der Waals surface area contributed by atoms with Gasteiger partial charge in [-0.1, -0.05) is 13.0 Å². The highest BCUT2D eigenvalue weighted by Crippen LogP contribution is 2.25. The van der Waals surface area contributed by atoms with Crippen LogP contribution in [0.2, 0.25) is 0 Å². The van der Waals surface area contributed by atoms with E-state index in [9.17, 15) is 13.2 Å². The number of sulfonamides is 1. The third-order valence-electron chi connectivity index (χ3n) is 5.26. The predicted octanol–water partition coefficient (Wildman–Crippen LogP) is 4.07. The lowest BCUT2D eigenvalue weighted by Crippen LogP contribution is -2.38. The number of carbonyl (C=O) groups is 1. The van der Waals surface area contributed by atoms with Gasteiger partial charge in [-0.2, -0.15) is 4.31 Å². The molecule has 1 aliphatic heterocycles. The van der Waals surface area contributed by atoms with E-state index in [1.807, 2.05) is 6.92 Å². The Hall–Kier alpha value is -2.38. The number of ether oxygens (including phenoxy) is 1. The lowest BCUT2D eigenvalue weighted by Gasteiger charge is -2.29. The summed E-state index contributed by atoms with van der Waals surface area (Å²) in [7, 11) is -3.61. The summed E-state index contributed by atoms with van der Waals surface area (Å²) in [4.78, 5) is 13.0. The van der Waals surface area contributed by atoms with Crippen LogP contribution in [-0.2, 0) is 10.0 Å². The van der Waals surface area contributed by atoms with Crippen LogP contribution in [0.4, 0.5) is 5.69 Å². The maximum atomic E-state index is 13.0. The van der Waals surface area contributed by atoms with E-state index in [0.29, 0.717) is 36.9 Å². The van der Waals surface area contributed by atoms with Crippen molar-refractivity contribution >= 4 is 21.6 Å². The van der Waals surface area contributed by atoms with Gasteiger partial charge in [0.05, 0.1) is 11.5 Å². The molecule has 0 saturated carbocycles. The third-order valence-corrected chi connectivity index (χ3v) is 7.15. The van der Waals surface area contributed by atoms with Crippen molar-refractivity contribution in [3.05, 3.63) is 53.6 Å². The lowest BCUT2D eigenvalue weighted by molar-refractivity contribution is 0.102. The Morgan fingerprint density at radius 3 is 2.41 bits per heavy atom. The molecule has 1 fully saturated rings. The zero-order valence-electron chi connectivity index (χ0n) is 17.1. The summed E-state index contributed by atoms with van der Waals surface area (Å²) in [5.74, 6) is 0.927. The summed E-state index contributed by atoms with van der Waals surface area (Å²) in [6.07, 6.45) is 1.71. The first kappa shape index (κ1) is 21.3. The van der Waals surface area contributed by atoms with Gasteiger partial charge in [-0.15, -0.1) is 0 Å². The van der Waals surface area contributed by atoms with Gasteiger partial charge in [0.15, 0.2) is 0 Å². The minimum Gasteiger partial charge on any atom is -0.494 e.